The van der Waals surface area contributed by atoms with Crippen LogP contribution in [0, 0.1) is 0 Å². The van der Waals surface area contributed by atoms with Gasteiger partial charge in [-0.15, -0.1) is 0 Å². The van der Waals surface area contributed by atoms with E-state index in [0.29, 0.717) is 12.8 Å². The number of hydrogen-bond acceptors (Lipinski definition) is 9. The first-order valence-electron chi connectivity index (χ1n) is 22.1. The van der Waals surface area contributed by atoms with Gasteiger partial charge in [-0.25, -0.2) is 0 Å². The largest absolute Gasteiger partial charge is 0.394 e. The van der Waals surface area contributed by atoms with E-state index in [2.05, 4.69) is 67.8 Å². The van der Waals surface area contributed by atoms with Crippen molar-refractivity contribution < 1.29 is 44.9 Å². The predicted molar refractivity (Wildman–Crippen MR) is 227 cm³/mol. The second-order valence-electron chi connectivity index (χ2n) is 15.3. The lowest BCUT2D eigenvalue weighted by Crippen LogP contribution is -2.60. The van der Waals surface area contributed by atoms with E-state index in [0.717, 1.165) is 70.6 Å². The van der Waals surface area contributed by atoms with E-state index in [1.165, 1.54) is 57.8 Å². The Bertz CT molecular complexity index is 1070. The average molecular weight is 792 g/mol. The minimum absolute atomic E-state index is 0.286. The van der Waals surface area contributed by atoms with Gasteiger partial charge >= 0.3 is 0 Å². The summed E-state index contributed by atoms with van der Waals surface area (Å²) in [6, 6.07) is -1.01. The lowest BCUT2D eigenvalue weighted by Gasteiger charge is -2.40. The van der Waals surface area contributed by atoms with Crippen LogP contribution in [0.25, 0.3) is 0 Å². The molecule has 0 spiro atoms. The highest BCUT2D eigenvalue weighted by Crippen LogP contribution is 2.22. The first-order valence-corrected chi connectivity index (χ1v) is 22.1. The van der Waals surface area contributed by atoms with Crippen molar-refractivity contribution in [1.82, 2.24) is 5.32 Å². The molecule has 0 aromatic carbocycles. The third-order valence-electron chi connectivity index (χ3n) is 10.2. The lowest BCUT2D eigenvalue weighted by atomic mass is 9.99. The number of carbonyl (C=O) groups is 1. The number of unbranched alkanes of at least 4 members (excludes halogenated alkanes) is 16. The zero-order chi connectivity index (χ0) is 41.1. The van der Waals surface area contributed by atoms with E-state index < -0.39 is 61.5 Å². The van der Waals surface area contributed by atoms with Gasteiger partial charge in [-0.05, 0) is 77.0 Å². The summed E-state index contributed by atoms with van der Waals surface area (Å²) in [5.41, 5.74) is 0. The van der Waals surface area contributed by atoms with E-state index in [-0.39, 0.29) is 13.0 Å². The summed E-state index contributed by atoms with van der Waals surface area (Å²) in [5, 5.41) is 64.5. The third-order valence-corrected chi connectivity index (χ3v) is 10.2. The molecule has 7 N–H and O–H groups in total. The van der Waals surface area contributed by atoms with Crippen LogP contribution in [0.3, 0.4) is 0 Å². The maximum Gasteiger partial charge on any atom is 0.249 e. The van der Waals surface area contributed by atoms with E-state index in [9.17, 15) is 35.4 Å². The van der Waals surface area contributed by atoms with E-state index in [1.807, 2.05) is 6.08 Å². The molecule has 0 aromatic heterocycles. The number of amides is 1. The van der Waals surface area contributed by atoms with Crippen LogP contribution in [0.15, 0.2) is 60.8 Å². The number of aliphatic hydroxyl groups excluding tert-OH is 6. The molecule has 1 rings (SSSR count). The van der Waals surface area contributed by atoms with Crippen molar-refractivity contribution in [3.63, 3.8) is 0 Å². The molecule has 1 fully saturated rings. The summed E-state index contributed by atoms with van der Waals surface area (Å²) in [7, 11) is 0. The van der Waals surface area contributed by atoms with Gasteiger partial charge in [-0.3, -0.25) is 4.79 Å². The molecule has 10 heteroatoms. The Morgan fingerprint density at radius 2 is 1.11 bits per heavy atom. The summed E-state index contributed by atoms with van der Waals surface area (Å²) in [4.78, 5) is 13.0. The molecule has 0 saturated carbocycles. The third kappa shape index (κ3) is 26.0. The molecule has 8 atom stereocenters. The molecule has 56 heavy (non-hydrogen) atoms. The van der Waals surface area contributed by atoms with Crippen molar-refractivity contribution in [2.45, 2.75) is 210 Å². The van der Waals surface area contributed by atoms with Crippen molar-refractivity contribution in [1.29, 1.82) is 0 Å². The normalized spacial score (nSPS) is 22.3. The van der Waals surface area contributed by atoms with E-state index in [4.69, 9.17) is 9.47 Å². The Morgan fingerprint density at radius 3 is 1.70 bits per heavy atom. The fourth-order valence-corrected chi connectivity index (χ4v) is 6.46. The smallest absolute Gasteiger partial charge is 0.249 e. The molecule has 1 heterocycles. The Hall–Kier alpha value is -2.15. The first kappa shape index (κ1) is 51.9. The predicted octanol–water partition coefficient (Wildman–Crippen LogP) is 7.80. The monoisotopic (exact) mass is 792 g/mol. The van der Waals surface area contributed by atoms with Crippen molar-refractivity contribution >= 4 is 5.91 Å². The van der Waals surface area contributed by atoms with Crippen molar-refractivity contribution in [2.24, 2.45) is 0 Å². The van der Waals surface area contributed by atoms with Crippen LogP contribution in [0.5, 0.6) is 0 Å². The minimum atomic E-state index is -1.62. The maximum absolute atomic E-state index is 13.0. The Kier molecular flexibility index (Phi) is 33.3. The minimum Gasteiger partial charge on any atom is -0.394 e. The molecule has 10 nitrogen and oxygen atoms in total. The number of rotatable bonds is 35. The maximum atomic E-state index is 13.0. The average Bonchev–Trinajstić information content (AvgIpc) is 3.20. The quantitative estimate of drug-likeness (QED) is 0.0250. The van der Waals surface area contributed by atoms with Gasteiger partial charge in [-0.2, -0.15) is 0 Å². The second-order valence-corrected chi connectivity index (χ2v) is 15.3. The van der Waals surface area contributed by atoms with Crippen LogP contribution in [-0.4, -0.2) is 98.7 Å². The topological polar surface area (TPSA) is 169 Å². The summed E-state index contributed by atoms with van der Waals surface area (Å²) in [6.07, 6.45) is 35.8. The summed E-state index contributed by atoms with van der Waals surface area (Å²) in [6.45, 7) is 3.51. The van der Waals surface area contributed by atoms with E-state index in [1.54, 1.807) is 6.08 Å². The fraction of sp³-hybridized carbons (Fsp3) is 0.761. The molecule has 8 unspecified atom stereocenters. The molecule has 0 radical (unpaired) electrons. The Morgan fingerprint density at radius 1 is 0.625 bits per heavy atom. The SMILES string of the molecule is CCCCC/C=C\C/C=C\CCCCCCCCC(O)C(=O)NC(COC1OC(CO)C(O)C(O)C1O)C(O)/C=C/CC/C=C/CC/C=C/CCCCCCC. The van der Waals surface area contributed by atoms with Crippen LogP contribution in [0.4, 0.5) is 0 Å². The van der Waals surface area contributed by atoms with Crippen LogP contribution < -0.4 is 5.32 Å². The van der Waals surface area contributed by atoms with Gasteiger partial charge in [-0.1, -0.05) is 145 Å². The fourth-order valence-electron chi connectivity index (χ4n) is 6.46. The van der Waals surface area contributed by atoms with Crippen molar-refractivity contribution in [3.8, 4) is 0 Å². The summed E-state index contributed by atoms with van der Waals surface area (Å²) < 4.78 is 11.1. The summed E-state index contributed by atoms with van der Waals surface area (Å²) in [5.74, 6) is -0.643. The highest BCUT2D eigenvalue weighted by atomic mass is 16.7. The van der Waals surface area contributed by atoms with Gasteiger partial charge in [0.15, 0.2) is 6.29 Å². The summed E-state index contributed by atoms with van der Waals surface area (Å²) >= 11 is 0. The molecule has 0 aliphatic carbocycles. The number of hydrogen-bond donors (Lipinski definition) is 7. The van der Waals surface area contributed by atoms with E-state index >= 15 is 0 Å². The molecule has 0 bridgehead atoms. The number of nitrogens with one attached hydrogen (secondary N) is 1. The van der Waals surface area contributed by atoms with Crippen molar-refractivity contribution in [3.05, 3.63) is 60.8 Å². The Balaban J connectivity index is 2.50. The van der Waals surface area contributed by atoms with Crippen LogP contribution in [0.1, 0.15) is 162 Å². The molecule has 1 saturated heterocycles. The number of ether oxygens (including phenoxy) is 2. The zero-order valence-corrected chi connectivity index (χ0v) is 35.0. The van der Waals surface area contributed by atoms with Gasteiger partial charge < -0.3 is 45.4 Å². The van der Waals surface area contributed by atoms with Gasteiger partial charge in [0.25, 0.3) is 0 Å². The molecule has 324 valence electrons. The molecule has 1 aliphatic heterocycles. The Labute approximate surface area is 339 Å². The van der Waals surface area contributed by atoms with Crippen LogP contribution in [-0.2, 0) is 14.3 Å². The number of carbonyl (C=O) groups excluding carboxylic acids is 1. The van der Waals surface area contributed by atoms with Gasteiger partial charge in [0.1, 0.15) is 30.5 Å². The second kappa shape index (κ2) is 36.0. The molecule has 1 aliphatic rings. The number of allylic oxidation sites excluding steroid dienone is 9. The van der Waals surface area contributed by atoms with Crippen LogP contribution in [0.2, 0.25) is 0 Å². The molecule has 0 aromatic rings. The van der Waals surface area contributed by atoms with Gasteiger partial charge in [0.2, 0.25) is 5.91 Å². The molecular formula is C46H81NO9. The molecular weight excluding hydrogens is 711 g/mol. The highest BCUT2D eigenvalue weighted by Gasteiger charge is 2.44. The van der Waals surface area contributed by atoms with Gasteiger partial charge in [0, 0.05) is 0 Å². The zero-order valence-electron chi connectivity index (χ0n) is 35.0. The highest BCUT2D eigenvalue weighted by molar-refractivity contribution is 5.80. The first-order chi connectivity index (χ1) is 27.3. The van der Waals surface area contributed by atoms with Crippen molar-refractivity contribution in [2.75, 3.05) is 13.2 Å². The molecule has 1 amide bonds. The number of aliphatic hydroxyl groups is 6. The lowest BCUT2D eigenvalue weighted by molar-refractivity contribution is -0.302. The van der Waals surface area contributed by atoms with Gasteiger partial charge in [0.05, 0.1) is 25.4 Å². The van der Waals surface area contributed by atoms with Crippen LogP contribution >= 0.6 is 0 Å². The standard InChI is InChI=1S/C46H81NO9/c1-3-5-7-9-11-13-15-17-19-21-23-25-27-29-31-33-35-40(50)45(54)47-38(37-55-46-44(53)43(52)42(51)41(36-48)56-46)39(49)34-32-30-28-26-24-22-20-18-16-14-12-10-8-6-4-2/h11,13,16-19,24,26,32,34,38-44,46,48-53H,3-10,12,14-15,20-23,25,27-31,33,35-37H2,1-2H3,(H,47,54)/b13-11-,18-16+,19-17-,26-24+,34-32+.